The molecular formula is C22H40. The normalized spacial score (nSPS) is 13.4. The molecule has 0 aromatic carbocycles. The Labute approximate surface area is 140 Å². The number of unbranched alkanes of at least 4 members (excludes halogenated alkanes) is 15. The molecule has 22 heavy (non-hydrogen) atoms. The van der Waals surface area contributed by atoms with Crippen molar-refractivity contribution in [3.8, 4) is 0 Å². The lowest BCUT2D eigenvalue weighted by molar-refractivity contribution is 0.534. The highest BCUT2D eigenvalue weighted by Crippen LogP contribution is 2.28. The molecule has 0 unspecified atom stereocenters. The second-order valence-electron chi connectivity index (χ2n) is 7.18. The van der Waals surface area contributed by atoms with Gasteiger partial charge in [-0.05, 0) is 38.5 Å². The van der Waals surface area contributed by atoms with E-state index in [2.05, 4.69) is 12.7 Å². The zero-order valence-electron chi connectivity index (χ0n) is 15.1. The summed E-state index contributed by atoms with van der Waals surface area (Å²) >= 11 is 0. The first-order valence-electron chi connectivity index (χ1n) is 10.2. The minimum absolute atomic E-state index is 1.21. The molecule has 0 spiro atoms. The van der Waals surface area contributed by atoms with Gasteiger partial charge in [0.2, 0.25) is 0 Å². The van der Waals surface area contributed by atoms with Crippen molar-refractivity contribution in [3.63, 3.8) is 0 Å². The van der Waals surface area contributed by atoms with Gasteiger partial charge in [-0.1, -0.05) is 94.8 Å². The number of hydrogen-bond acceptors (Lipinski definition) is 0. The first kappa shape index (κ1) is 19.5. The Morgan fingerprint density at radius 2 is 0.909 bits per heavy atom. The second-order valence-corrected chi connectivity index (χ2v) is 7.18. The van der Waals surface area contributed by atoms with Crippen LogP contribution in [0.2, 0.25) is 0 Å². The quantitative estimate of drug-likeness (QED) is 0.188. The van der Waals surface area contributed by atoms with Gasteiger partial charge in [0.1, 0.15) is 0 Å². The molecule has 1 saturated carbocycles. The Hall–Kier alpha value is -0.520. The van der Waals surface area contributed by atoms with Crippen LogP contribution >= 0.6 is 0 Å². The van der Waals surface area contributed by atoms with Crippen LogP contribution < -0.4 is 0 Å². The van der Waals surface area contributed by atoms with Crippen molar-refractivity contribution in [3.05, 3.63) is 24.3 Å². The number of hydrogen-bond donors (Lipinski definition) is 0. The molecule has 0 amide bonds. The highest BCUT2D eigenvalue weighted by Gasteiger charge is 2.08. The summed E-state index contributed by atoms with van der Waals surface area (Å²) < 4.78 is 0. The van der Waals surface area contributed by atoms with Crippen LogP contribution in [0.4, 0.5) is 0 Å². The summed E-state index contributed by atoms with van der Waals surface area (Å²) in [6, 6.07) is 0. The van der Waals surface area contributed by atoms with Crippen molar-refractivity contribution < 1.29 is 0 Å². The molecule has 128 valence electrons. The van der Waals surface area contributed by atoms with Gasteiger partial charge in [-0.3, -0.25) is 0 Å². The molecule has 0 atom stereocenters. The fraction of sp³-hybridized carbons (Fsp3) is 0.818. The molecule has 1 aliphatic rings. The third kappa shape index (κ3) is 14.4. The van der Waals surface area contributed by atoms with Crippen molar-refractivity contribution in [1.82, 2.24) is 0 Å². The van der Waals surface area contributed by atoms with E-state index in [0.717, 1.165) is 0 Å². The van der Waals surface area contributed by atoms with Crippen molar-refractivity contribution in [2.24, 2.45) is 0 Å². The Balaban J connectivity index is 1.62. The Morgan fingerprint density at radius 1 is 0.545 bits per heavy atom. The molecule has 0 heterocycles. The van der Waals surface area contributed by atoms with Crippen LogP contribution in [0.15, 0.2) is 24.3 Å². The summed E-state index contributed by atoms with van der Waals surface area (Å²) in [5, 5.41) is 0. The molecule has 0 heteroatoms. The maximum Gasteiger partial charge on any atom is -0.0283 e. The van der Waals surface area contributed by atoms with E-state index in [-0.39, 0.29) is 0 Å². The van der Waals surface area contributed by atoms with Crippen LogP contribution in [0.25, 0.3) is 0 Å². The van der Waals surface area contributed by atoms with Gasteiger partial charge in [0.05, 0.1) is 0 Å². The average molecular weight is 305 g/mol. The topological polar surface area (TPSA) is 0 Å². The summed E-state index contributed by atoms with van der Waals surface area (Å²) in [5.74, 6) is 0. The lowest BCUT2D eigenvalue weighted by Gasteiger charge is -2.03. The molecule has 1 fully saturated rings. The first-order valence-corrected chi connectivity index (χ1v) is 10.2. The first-order chi connectivity index (χ1) is 10.9. The Bertz CT molecular complexity index is 268. The summed E-state index contributed by atoms with van der Waals surface area (Å²) in [6.45, 7) is 3.77. The molecule has 0 N–H and O–H groups in total. The van der Waals surface area contributed by atoms with E-state index >= 15 is 0 Å². The zero-order chi connectivity index (χ0) is 15.7. The van der Waals surface area contributed by atoms with Crippen molar-refractivity contribution >= 4 is 0 Å². The maximum atomic E-state index is 3.77. The van der Waals surface area contributed by atoms with Crippen LogP contribution in [0.3, 0.4) is 0 Å². The van der Waals surface area contributed by atoms with Gasteiger partial charge in [0, 0.05) is 0 Å². The predicted octanol–water partition coefficient (Wildman–Crippen LogP) is 8.13. The molecule has 0 saturated heterocycles. The number of allylic oxidation sites excluding steroid dienone is 3. The lowest BCUT2D eigenvalue weighted by Crippen LogP contribution is -1.83. The summed E-state index contributed by atoms with van der Waals surface area (Å²) in [6.07, 6.45) is 30.2. The lowest BCUT2D eigenvalue weighted by atomic mass is 10.0. The van der Waals surface area contributed by atoms with Crippen LogP contribution in [0.5, 0.6) is 0 Å². The Kier molecular flexibility index (Phi) is 13.6. The van der Waals surface area contributed by atoms with E-state index in [1.807, 2.05) is 6.08 Å². The monoisotopic (exact) mass is 304 g/mol. The average Bonchev–Trinajstić information content (AvgIpc) is 3.34. The van der Waals surface area contributed by atoms with Gasteiger partial charge < -0.3 is 0 Å². The standard InChI is InChI=1S/C22H40/c1-2-3-4-5-6-7-8-9-10-11-12-13-14-15-16-17-18-19-22-20-21-22/h2,19H,1,3-18,20-21H2. The van der Waals surface area contributed by atoms with Crippen molar-refractivity contribution in [2.45, 2.75) is 116 Å². The van der Waals surface area contributed by atoms with E-state index in [0.29, 0.717) is 0 Å². The van der Waals surface area contributed by atoms with Gasteiger partial charge in [0.15, 0.2) is 0 Å². The molecule has 1 aliphatic carbocycles. The smallest absolute Gasteiger partial charge is 0.0283 e. The summed E-state index contributed by atoms with van der Waals surface area (Å²) in [7, 11) is 0. The molecule has 0 radical (unpaired) electrons. The van der Waals surface area contributed by atoms with E-state index in [1.54, 1.807) is 5.57 Å². The highest BCUT2D eigenvalue weighted by atomic mass is 14.1. The van der Waals surface area contributed by atoms with Crippen LogP contribution in [-0.4, -0.2) is 0 Å². The van der Waals surface area contributed by atoms with E-state index in [1.165, 1.54) is 116 Å². The predicted molar refractivity (Wildman–Crippen MR) is 101 cm³/mol. The largest absolute Gasteiger partial charge is 0.103 e. The second kappa shape index (κ2) is 15.4. The molecular weight excluding hydrogens is 264 g/mol. The van der Waals surface area contributed by atoms with Gasteiger partial charge in [-0.2, -0.15) is 0 Å². The Morgan fingerprint density at radius 3 is 1.27 bits per heavy atom. The zero-order valence-corrected chi connectivity index (χ0v) is 15.1. The van der Waals surface area contributed by atoms with Gasteiger partial charge in [-0.25, -0.2) is 0 Å². The summed E-state index contributed by atoms with van der Waals surface area (Å²) in [4.78, 5) is 0. The third-order valence-corrected chi connectivity index (χ3v) is 4.83. The fourth-order valence-corrected chi connectivity index (χ4v) is 3.14. The molecule has 0 aromatic rings. The highest BCUT2D eigenvalue weighted by molar-refractivity contribution is 5.15. The molecule has 0 aromatic heterocycles. The molecule has 0 bridgehead atoms. The van der Waals surface area contributed by atoms with Crippen molar-refractivity contribution in [2.75, 3.05) is 0 Å². The van der Waals surface area contributed by atoms with Gasteiger partial charge in [0.25, 0.3) is 0 Å². The number of rotatable bonds is 17. The molecule has 0 nitrogen and oxygen atoms in total. The van der Waals surface area contributed by atoms with Crippen LogP contribution in [0.1, 0.15) is 116 Å². The SMILES string of the molecule is C=CCCCCCCCCCCCCCCCCC=C1CC1. The van der Waals surface area contributed by atoms with Crippen LogP contribution in [-0.2, 0) is 0 Å². The molecule has 1 rings (SSSR count). The maximum absolute atomic E-state index is 3.77. The molecule has 0 aliphatic heterocycles. The van der Waals surface area contributed by atoms with Gasteiger partial charge in [-0.15, -0.1) is 6.58 Å². The third-order valence-electron chi connectivity index (χ3n) is 4.83. The van der Waals surface area contributed by atoms with Gasteiger partial charge >= 0.3 is 0 Å². The minimum atomic E-state index is 1.21. The minimum Gasteiger partial charge on any atom is -0.103 e. The van der Waals surface area contributed by atoms with E-state index in [9.17, 15) is 0 Å². The van der Waals surface area contributed by atoms with Crippen LogP contribution in [0, 0.1) is 0 Å². The summed E-state index contributed by atoms with van der Waals surface area (Å²) in [5.41, 5.74) is 1.72. The van der Waals surface area contributed by atoms with E-state index in [4.69, 9.17) is 0 Å². The fourth-order valence-electron chi connectivity index (χ4n) is 3.14. The van der Waals surface area contributed by atoms with Crippen molar-refractivity contribution in [1.29, 1.82) is 0 Å². The van der Waals surface area contributed by atoms with E-state index < -0.39 is 0 Å².